The summed E-state index contributed by atoms with van der Waals surface area (Å²) in [7, 11) is -1.91. The van der Waals surface area contributed by atoms with Gasteiger partial charge in [-0.25, -0.2) is 17.2 Å². The number of ether oxygens (including phenoxy) is 1. The lowest BCUT2D eigenvalue weighted by Gasteiger charge is -2.07. The average Bonchev–Trinajstić information content (AvgIpc) is 1.85. The molecule has 2 unspecified atom stereocenters. The molecular formula is C4H8F2O3S. The van der Waals surface area contributed by atoms with Crippen LogP contribution in [0.3, 0.4) is 0 Å². The lowest BCUT2D eigenvalue weighted by Crippen LogP contribution is -2.23. The highest BCUT2D eigenvalue weighted by Gasteiger charge is 2.19. The number of methoxy groups -OCH3 is 1. The molecule has 62 valence electrons. The molecule has 0 aromatic carbocycles. The fourth-order valence-electron chi connectivity index (χ4n) is 0.373. The molecule has 3 nitrogen and oxygen atoms in total. The second-order valence-electron chi connectivity index (χ2n) is 1.62. The molecule has 0 rings (SSSR count). The Morgan fingerprint density at radius 1 is 1.50 bits per heavy atom. The first kappa shape index (κ1) is 9.77. The number of thiol groups is 1. The van der Waals surface area contributed by atoms with Crippen LogP contribution < -0.4 is 0 Å². The van der Waals surface area contributed by atoms with Gasteiger partial charge in [-0.1, -0.05) is 0 Å². The molecule has 0 aliphatic rings. The van der Waals surface area contributed by atoms with Gasteiger partial charge < -0.3 is 4.74 Å². The summed E-state index contributed by atoms with van der Waals surface area (Å²) in [5, 5.41) is 0. The monoisotopic (exact) mass is 174 g/mol. The largest absolute Gasteiger partial charge is 0.349 e. The third-order valence-electron chi connectivity index (χ3n) is 0.833. The van der Waals surface area contributed by atoms with Crippen LogP contribution in [0.4, 0.5) is 8.78 Å². The molecule has 0 aromatic rings. The Hall–Kier alpha value is -0.230. The van der Waals surface area contributed by atoms with Crippen molar-refractivity contribution in [3.8, 4) is 0 Å². The van der Waals surface area contributed by atoms with E-state index in [0.717, 1.165) is 7.11 Å². The van der Waals surface area contributed by atoms with Crippen molar-refractivity contribution in [3.05, 3.63) is 0 Å². The molecule has 0 aliphatic carbocycles. The molecule has 0 heterocycles. The van der Waals surface area contributed by atoms with Gasteiger partial charge >= 0.3 is 0 Å². The summed E-state index contributed by atoms with van der Waals surface area (Å²) in [6, 6.07) is 0. The quantitative estimate of drug-likeness (QED) is 0.604. The van der Waals surface area contributed by atoms with E-state index in [9.17, 15) is 17.2 Å². The van der Waals surface area contributed by atoms with E-state index >= 15 is 0 Å². The summed E-state index contributed by atoms with van der Waals surface area (Å²) in [4.78, 5) is 0. The minimum Gasteiger partial charge on any atom is -0.349 e. The van der Waals surface area contributed by atoms with Crippen LogP contribution >= 0.6 is 0 Å². The van der Waals surface area contributed by atoms with E-state index in [1.165, 1.54) is 0 Å². The molecule has 0 N–H and O–H groups in total. The molecular weight excluding hydrogens is 166 g/mol. The maximum absolute atomic E-state index is 12.2. The average molecular weight is 174 g/mol. The van der Waals surface area contributed by atoms with E-state index in [1.54, 1.807) is 0 Å². The smallest absolute Gasteiger partial charge is 0.231 e. The van der Waals surface area contributed by atoms with E-state index < -0.39 is 29.0 Å². The SMILES string of the molecule is COC(F)C(F)C[SH](=O)=O. The lowest BCUT2D eigenvalue weighted by atomic mass is 10.4. The molecule has 0 fully saturated rings. The van der Waals surface area contributed by atoms with Crippen LogP contribution in [0.5, 0.6) is 0 Å². The zero-order chi connectivity index (χ0) is 8.15. The summed E-state index contributed by atoms with van der Waals surface area (Å²) in [6.07, 6.45) is -4.22. The third-order valence-corrected chi connectivity index (χ3v) is 1.48. The first-order chi connectivity index (χ1) is 4.57. The molecule has 0 saturated carbocycles. The van der Waals surface area contributed by atoms with Crippen LogP contribution in [0.15, 0.2) is 0 Å². The zero-order valence-corrected chi connectivity index (χ0v) is 6.18. The number of halogens is 2. The van der Waals surface area contributed by atoms with Crippen molar-refractivity contribution in [1.82, 2.24) is 0 Å². The van der Waals surface area contributed by atoms with E-state index in [4.69, 9.17) is 0 Å². The maximum Gasteiger partial charge on any atom is 0.231 e. The molecule has 0 saturated heterocycles. The van der Waals surface area contributed by atoms with Crippen LogP contribution in [-0.4, -0.2) is 33.8 Å². The third kappa shape index (κ3) is 3.73. The highest BCUT2D eigenvalue weighted by Crippen LogP contribution is 2.03. The van der Waals surface area contributed by atoms with Crippen LogP contribution in [0.25, 0.3) is 0 Å². The van der Waals surface area contributed by atoms with Gasteiger partial charge in [0.25, 0.3) is 0 Å². The first-order valence-corrected chi connectivity index (χ1v) is 3.87. The number of hydrogen-bond acceptors (Lipinski definition) is 3. The van der Waals surface area contributed by atoms with Crippen molar-refractivity contribution < 1.29 is 21.9 Å². The van der Waals surface area contributed by atoms with Gasteiger partial charge in [0.05, 0.1) is 5.75 Å². The predicted octanol–water partition coefficient (Wildman–Crippen LogP) is -0.122. The van der Waals surface area contributed by atoms with Gasteiger partial charge in [-0.05, 0) is 0 Å². The molecule has 0 aromatic heterocycles. The van der Waals surface area contributed by atoms with Crippen LogP contribution in [0.2, 0.25) is 0 Å². The van der Waals surface area contributed by atoms with Crippen molar-refractivity contribution in [2.24, 2.45) is 0 Å². The number of alkyl halides is 2. The Bertz CT molecular complexity index is 151. The Kier molecular flexibility index (Phi) is 4.46. The molecule has 0 amide bonds. The van der Waals surface area contributed by atoms with E-state index in [0.29, 0.717) is 0 Å². The Balaban J connectivity index is 3.71. The summed E-state index contributed by atoms with van der Waals surface area (Å²) >= 11 is 0. The summed E-state index contributed by atoms with van der Waals surface area (Å²) in [5.74, 6) is -0.829. The van der Waals surface area contributed by atoms with E-state index in [1.807, 2.05) is 0 Å². The fraction of sp³-hybridized carbons (Fsp3) is 1.00. The normalized spacial score (nSPS) is 17.2. The predicted molar refractivity (Wildman–Crippen MR) is 32.0 cm³/mol. The van der Waals surface area contributed by atoms with Gasteiger partial charge in [0.2, 0.25) is 6.36 Å². The molecule has 6 heteroatoms. The molecule has 0 aliphatic heterocycles. The summed E-state index contributed by atoms with van der Waals surface area (Å²) in [5.41, 5.74) is 0. The van der Waals surface area contributed by atoms with Gasteiger partial charge in [-0.2, -0.15) is 0 Å². The highest BCUT2D eigenvalue weighted by atomic mass is 32.2. The van der Waals surface area contributed by atoms with Crippen molar-refractivity contribution in [3.63, 3.8) is 0 Å². The second kappa shape index (κ2) is 4.56. The molecule has 0 radical (unpaired) electrons. The van der Waals surface area contributed by atoms with E-state index in [2.05, 4.69) is 4.74 Å². The molecule has 2 atom stereocenters. The second-order valence-corrected chi connectivity index (χ2v) is 2.65. The molecule has 10 heavy (non-hydrogen) atoms. The minimum atomic E-state index is -2.87. The summed E-state index contributed by atoms with van der Waals surface area (Å²) in [6.45, 7) is 0. The van der Waals surface area contributed by atoms with Crippen molar-refractivity contribution in [2.75, 3.05) is 12.9 Å². The standard InChI is InChI=1S/C4H8F2O3S/c1-9-4(6)3(5)2-10(7)8/h3-4,10H,2H2,1H3. The van der Waals surface area contributed by atoms with Gasteiger partial charge in [0.1, 0.15) is 10.7 Å². The molecule has 0 bridgehead atoms. The van der Waals surface area contributed by atoms with Gasteiger partial charge in [-0.3, -0.25) is 0 Å². The maximum atomic E-state index is 12.2. The van der Waals surface area contributed by atoms with Gasteiger partial charge in [-0.15, -0.1) is 0 Å². The number of rotatable bonds is 4. The summed E-state index contributed by atoms with van der Waals surface area (Å²) < 4.78 is 47.7. The topological polar surface area (TPSA) is 43.4 Å². The molecule has 0 spiro atoms. The van der Waals surface area contributed by atoms with Gasteiger partial charge in [0, 0.05) is 7.11 Å². The Morgan fingerprint density at radius 2 is 2.00 bits per heavy atom. The van der Waals surface area contributed by atoms with Crippen molar-refractivity contribution >= 4 is 10.7 Å². The van der Waals surface area contributed by atoms with Crippen LogP contribution in [-0.2, 0) is 15.4 Å². The lowest BCUT2D eigenvalue weighted by molar-refractivity contribution is -0.0531. The van der Waals surface area contributed by atoms with Crippen molar-refractivity contribution in [2.45, 2.75) is 12.5 Å². The van der Waals surface area contributed by atoms with Crippen LogP contribution in [0, 0.1) is 0 Å². The fourth-order valence-corrected chi connectivity index (χ4v) is 0.824. The highest BCUT2D eigenvalue weighted by molar-refractivity contribution is 7.72. The van der Waals surface area contributed by atoms with Crippen molar-refractivity contribution in [1.29, 1.82) is 0 Å². The zero-order valence-electron chi connectivity index (χ0n) is 5.29. The minimum absolute atomic E-state index is 0.829. The Morgan fingerprint density at radius 3 is 2.30 bits per heavy atom. The number of hydrogen-bond donors (Lipinski definition) is 1. The van der Waals surface area contributed by atoms with Crippen LogP contribution in [0.1, 0.15) is 0 Å². The Labute approximate surface area is 58.9 Å². The first-order valence-electron chi connectivity index (χ1n) is 2.50. The van der Waals surface area contributed by atoms with E-state index in [-0.39, 0.29) is 0 Å². The van der Waals surface area contributed by atoms with Gasteiger partial charge in [0.15, 0.2) is 6.17 Å².